The van der Waals surface area contributed by atoms with Gasteiger partial charge in [0.15, 0.2) is 12.9 Å². The number of aldehydes is 1. The van der Waals surface area contributed by atoms with Gasteiger partial charge >= 0.3 is 6.09 Å². The molecule has 0 aliphatic heterocycles. The van der Waals surface area contributed by atoms with Crippen LogP contribution in [0.25, 0.3) is 11.1 Å². The number of amides is 2. The van der Waals surface area contributed by atoms with E-state index in [9.17, 15) is 14.4 Å². The number of halogens is 1. The van der Waals surface area contributed by atoms with E-state index in [1.165, 1.54) is 19.2 Å². The second-order valence-electron chi connectivity index (χ2n) is 13.0. The van der Waals surface area contributed by atoms with Crippen LogP contribution in [0.2, 0.25) is 5.02 Å². The summed E-state index contributed by atoms with van der Waals surface area (Å²) in [6.45, 7) is 5.92. The second-order valence-corrected chi connectivity index (χ2v) is 13.4. The number of carbonyl (C=O) groups is 3. The highest BCUT2D eigenvalue weighted by Gasteiger charge is 2.34. The van der Waals surface area contributed by atoms with Gasteiger partial charge in [-0.2, -0.15) is 0 Å². The lowest BCUT2D eigenvalue weighted by molar-refractivity contribution is -0.132. The lowest BCUT2D eigenvalue weighted by Crippen LogP contribution is -2.46. The van der Waals surface area contributed by atoms with Crippen LogP contribution in [0, 0.1) is 0 Å². The number of hydrogen-bond donors (Lipinski definition) is 1. The Kier molecular flexibility index (Phi) is 12.3. The molecule has 0 heterocycles. The van der Waals surface area contributed by atoms with Gasteiger partial charge in [-0.3, -0.25) is 14.5 Å². The molecule has 4 rings (SSSR count). The first-order valence-electron chi connectivity index (χ1n) is 16.1. The molecule has 0 atom stereocenters. The third-order valence-corrected chi connectivity index (χ3v) is 8.55. The fraction of sp³-hybridized carbons (Fsp3) is 0.432. The van der Waals surface area contributed by atoms with Crippen molar-refractivity contribution in [3.8, 4) is 22.6 Å². The zero-order chi connectivity index (χ0) is 34.1. The summed E-state index contributed by atoms with van der Waals surface area (Å²) in [4.78, 5) is 41.4. The molecule has 0 spiro atoms. The Balaban J connectivity index is 1.50. The first kappa shape index (κ1) is 35.8. The van der Waals surface area contributed by atoms with E-state index < -0.39 is 5.60 Å². The van der Waals surface area contributed by atoms with Crippen molar-refractivity contribution >= 4 is 35.6 Å². The summed E-state index contributed by atoms with van der Waals surface area (Å²) < 4.78 is 16.8. The fourth-order valence-electron chi connectivity index (χ4n) is 5.73. The molecule has 1 aliphatic carbocycles. The van der Waals surface area contributed by atoms with E-state index in [2.05, 4.69) is 18.2 Å². The first-order chi connectivity index (χ1) is 22.4. The molecule has 47 heavy (non-hydrogen) atoms. The lowest BCUT2D eigenvalue weighted by Gasteiger charge is -2.38. The predicted octanol–water partition coefficient (Wildman–Crippen LogP) is 7.31. The molecule has 1 fully saturated rings. The quantitative estimate of drug-likeness (QED) is 0.202. The van der Waals surface area contributed by atoms with Crippen LogP contribution in [0.3, 0.4) is 0 Å². The predicted molar refractivity (Wildman–Crippen MR) is 186 cm³/mol. The molecule has 0 unspecified atom stereocenters. The van der Waals surface area contributed by atoms with Crippen LogP contribution in [0.15, 0.2) is 60.7 Å². The van der Waals surface area contributed by atoms with Crippen LogP contribution >= 0.6 is 11.6 Å². The Morgan fingerprint density at radius 3 is 2.34 bits per heavy atom. The van der Waals surface area contributed by atoms with Crippen LogP contribution in [-0.4, -0.2) is 68.2 Å². The minimum Gasteiger partial charge on any atom is -0.496 e. The Morgan fingerprint density at radius 2 is 1.70 bits per heavy atom. The summed E-state index contributed by atoms with van der Waals surface area (Å²) in [5, 5.41) is 0.217. The van der Waals surface area contributed by atoms with Gasteiger partial charge < -0.3 is 24.8 Å². The van der Waals surface area contributed by atoms with Crippen molar-refractivity contribution in [3.05, 3.63) is 76.8 Å². The summed E-state index contributed by atoms with van der Waals surface area (Å²) in [6, 6.07) is 19.3. The highest BCUT2D eigenvalue weighted by atomic mass is 35.5. The molecule has 3 aromatic rings. The van der Waals surface area contributed by atoms with Crippen LogP contribution < -0.4 is 20.1 Å². The van der Waals surface area contributed by atoms with Crippen LogP contribution in [0.5, 0.6) is 11.5 Å². The van der Waals surface area contributed by atoms with E-state index in [1.54, 1.807) is 11.9 Å². The summed E-state index contributed by atoms with van der Waals surface area (Å²) in [6.07, 6.45) is 4.95. The van der Waals surface area contributed by atoms with Gasteiger partial charge in [-0.1, -0.05) is 54.1 Å². The largest absolute Gasteiger partial charge is 0.496 e. The fourth-order valence-corrected chi connectivity index (χ4v) is 5.96. The number of rotatable bonds is 12. The summed E-state index contributed by atoms with van der Waals surface area (Å²) in [5.74, 6) is 0.359. The third-order valence-electron chi connectivity index (χ3n) is 8.25. The molecule has 2 N–H and O–H groups in total. The van der Waals surface area contributed by atoms with Crippen molar-refractivity contribution in [2.75, 3.05) is 32.2 Å². The van der Waals surface area contributed by atoms with E-state index in [-0.39, 0.29) is 41.5 Å². The molecule has 0 bridgehead atoms. The van der Waals surface area contributed by atoms with Gasteiger partial charge in [-0.05, 0) is 82.6 Å². The van der Waals surface area contributed by atoms with Crippen molar-refractivity contribution in [2.24, 2.45) is 5.73 Å². The average molecular weight is 664 g/mol. The molecular weight excluding hydrogens is 618 g/mol. The van der Waals surface area contributed by atoms with Crippen LogP contribution in [0.1, 0.15) is 68.8 Å². The van der Waals surface area contributed by atoms with Crippen molar-refractivity contribution in [1.82, 2.24) is 4.90 Å². The number of methoxy groups -OCH3 is 1. The van der Waals surface area contributed by atoms with Crippen molar-refractivity contribution in [2.45, 2.75) is 77.0 Å². The van der Waals surface area contributed by atoms with Gasteiger partial charge in [0, 0.05) is 37.3 Å². The van der Waals surface area contributed by atoms with Gasteiger partial charge in [-0.25, -0.2) is 4.79 Å². The maximum absolute atomic E-state index is 13.9. The molecule has 252 valence electrons. The van der Waals surface area contributed by atoms with Crippen LogP contribution in [-0.2, 0) is 16.0 Å². The first-order valence-corrected chi connectivity index (χ1v) is 16.4. The van der Waals surface area contributed by atoms with Gasteiger partial charge in [0.05, 0.1) is 23.4 Å². The van der Waals surface area contributed by atoms with Gasteiger partial charge in [0.1, 0.15) is 17.1 Å². The second kappa shape index (κ2) is 16.2. The molecule has 2 amide bonds. The smallest absolute Gasteiger partial charge is 0.415 e. The zero-order valence-corrected chi connectivity index (χ0v) is 28.7. The number of nitrogens with two attached hydrogens (primary N) is 1. The van der Waals surface area contributed by atoms with Crippen molar-refractivity contribution in [1.29, 1.82) is 0 Å². The van der Waals surface area contributed by atoms with Crippen molar-refractivity contribution < 1.29 is 28.6 Å². The molecule has 9 nitrogen and oxygen atoms in total. The average Bonchev–Trinajstić information content (AvgIpc) is 3.04. The van der Waals surface area contributed by atoms with E-state index in [1.807, 2.05) is 56.0 Å². The molecule has 0 aromatic heterocycles. The molecular formula is C37H46ClN3O6. The number of nitrogens with zero attached hydrogens (tertiary/aromatic N) is 2. The SMILES string of the molecule is COc1cc(OCC(=O)N(C)CCCc2ccc(-c3ccccc3)c(N(C(=O)OC(C)(C)C)C3CCC(N)CC3)c2)c(Cl)cc1C=O. The Hall–Kier alpha value is -4.08. The molecule has 3 aromatic carbocycles. The number of aryl methyl sites for hydroxylation is 1. The van der Waals surface area contributed by atoms with Gasteiger partial charge in [0.2, 0.25) is 0 Å². The Bertz CT molecular complexity index is 1530. The highest BCUT2D eigenvalue weighted by molar-refractivity contribution is 6.32. The number of benzene rings is 3. The topological polar surface area (TPSA) is 111 Å². The maximum atomic E-state index is 13.9. The minimum atomic E-state index is -0.651. The molecule has 1 saturated carbocycles. The monoisotopic (exact) mass is 663 g/mol. The maximum Gasteiger partial charge on any atom is 0.415 e. The summed E-state index contributed by atoms with van der Waals surface area (Å²) >= 11 is 6.24. The van der Waals surface area contributed by atoms with E-state index in [4.69, 9.17) is 31.5 Å². The highest BCUT2D eigenvalue weighted by Crippen LogP contribution is 2.37. The zero-order valence-electron chi connectivity index (χ0n) is 28.0. The number of likely N-dealkylation sites (N-methyl/N-ethyl adjacent to an activating group) is 1. The number of carbonyl (C=O) groups excluding carboxylic acids is 3. The summed E-state index contributed by atoms with van der Waals surface area (Å²) in [5.41, 5.74) is 9.72. The number of anilines is 1. The normalized spacial score (nSPS) is 16.2. The molecule has 0 saturated heterocycles. The molecule has 0 radical (unpaired) electrons. The minimum absolute atomic E-state index is 0.0331. The lowest BCUT2D eigenvalue weighted by atomic mass is 9.89. The summed E-state index contributed by atoms with van der Waals surface area (Å²) in [7, 11) is 3.17. The van der Waals surface area contributed by atoms with E-state index >= 15 is 0 Å². The Morgan fingerprint density at radius 1 is 1.00 bits per heavy atom. The Labute approximate surface area is 282 Å². The number of hydrogen-bond acceptors (Lipinski definition) is 7. The van der Waals surface area contributed by atoms with Gasteiger partial charge in [0.25, 0.3) is 5.91 Å². The van der Waals surface area contributed by atoms with Gasteiger partial charge in [-0.15, -0.1) is 0 Å². The van der Waals surface area contributed by atoms with E-state index in [0.717, 1.165) is 48.1 Å². The standard InChI is InChI=1S/C37H46ClN3O6/c1-37(2,3)47-36(44)41(29-16-14-28(39)15-17-29)32-20-25(13-18-30(32)26-11-7-6-8-12-26)10-9-19-40(4)35(43)24-46-34-22-33(45-5)27(23-42)21-31(34)38/h6-8,11-13,18,20-23,28-29H,9-10,14-17,19,24,39H2,1-5H3. The van der Waals surface area contributed by atoms with Crippen molar-refractivity contribution in [3.63, 3.8) is 0 Å². The van der Waals surface area contributed by atoms with Crippen LogP contribution in [0.4, 0.5) is 10.5 Å². The molecule has 1 aliphatic rings. The third kappa shape index (κ3) is 9.72. The molecule has 10 heteroatoms. The van der Waals surface area contributed by atoms with E-state index in [0.29, 0.717) is 37.0 Å². The number of ether oxygens (including phenoxy) is 3.